The number of hydrogen-bond acceptors (Lipinski definition) is 2. The predicted molar refractivity (Wildman–Crippen MR) is 75.4 cm³/mol. The molecule has 2 rings (SSSR count). The van der Waals surface area contributed by atoms with Crippen molar-refractivity contribution in [3.8, 4) is 0 Å². The molecule has 0 spiro atoms. The molecule has 1 unspecified atom stereocenters. The van der Waals surface area contributed by atoms with Gasteiger partial charge < -0.3 is 9.67 Å². The van der Waals surface area contributed by atoms with E-state index >= 15 is 0 Å². The highest BCUT2D eigenvalue weighted by Gasteiger charge is 2.12. The summed E-state index contributed by atoms with van der Waals surface area (Å²) >= 11 is 3.46. The molecule has 0 aliphatic rings. The molecule has 1 aromatic carbocycles. The van der Waals surface area contributed by atoms with Crippen molar-refractivity contribution in [1.82, 2.24) is 9.55 Å². The number of aliphatic hydroxyl groups is 1. The number of hydrogen-bond donors (Lipinski definition) is 1. The van der Waals surface area contributed by atoms with E-state index in [1.807, 2.05) is 31.3 Å². The summed E-state index contributed by atoms with van der Waals surface area (Å²) in [7, 11) is 0. The molecular formula is C14H17BrN2O. The Morgan fingerprint density at radius 1 is 1.44 bits per heavy atom. The van der Waals surface area contributed by atoms with Gasteiger partial charge in [0.25, 0.3) is 0 Å². The van der Waals surface area contributed by atoms with Crippen LogP contribution in [0.1, 0.15) is 30.0 Å². The van der Waals surface area contributed by atoms with Gasteiger partial charge in [0, 0.05) is 29.8 Å². The van der Waals surface area contributed by atoms with Crippen LogP contribution in [-0.4, -0.2) is 14.7 Å². The van der Waals surface area contributed by atoms with Crippen molar-refractivity contribution in [2.45, 2.75) is 32.9 Å². The topological polar surface area (TPSA) is 38.0 Å². The van der Waals surface area contributed by atoms with E-state index < -0.39 is 6.10 Å². The van der Waals surface area contributed by atoms with E-state index in [2.05, 4.69) is 32.4 Å². The van der Waals surface area contributed by atoms with E-state index in [-0.39, 0.29) is 0 Å². The summed E-state index contributed by atoms with van der Waals surface area (Å²) in [6.07, 6.45) is 3.75. The van der Waals surface area contributed by atoms with E-state index in [1.54, 1.807) is 6.20 Å². The number of imidazole rings is 1. The molecule has 0 radical (unpaired) electrons. The largest absolute Gasteiger partial charge is 0.388 e. The van der Waals surface area contributed by atoms with Gasteiger partial charge in [-0.15, -0.1) is 0 Å². The first-order valence-corrected chi connectivity index (χ1v) is 6.85. The first-order valence-electron chi connectivity index (χ1n) is 6.06. The minimum Gasteiger partial charge on any atom is -0.388 e. The summed E-state index contributed by atoms with van der Waals surface area (Å²) < 4.78 is 3.11. The molecule has 0 aliphatic heterocycles. The molecule has 4 heteroatoms. The number of rotatable bonds is 4. The van der Waals surface area contributed by atoms with Gasteiger partial charge in [0.2, 0.25) is 0 Å². The Labute approximate surface area is 116 Å². The van der Waals surface area contributed by atoms with Crippen LogP contribution >= 0.6 is 15.9 Å². The second-order valence-corrected chi connectivity index (χ2v) is 5.21. The van der Waals surface area contributed by atoms with Gasteiger partial charge in [-0.25, -0.2) is 4.98 Å². The first kappa shape index (κ1) is 13.3. The molecule has 0 aliphatic carbocycles. The molecule has 1 atom stereocenters. The number of benzene rings is 1. The molecule has 0 bridgehead atoms. The fraction of sp³-hybridized carbons (Fsp3) is 0.357. The molecule has 0 amide bonds. The summed E-state index contributed by atoms with van der Waals surface area (Å²) in [5, 5.41) is 10.3. The Morgan fingerprint density at radius 3 is 2.89 bits per heavy atom. The smallest absolute Gasteiger partial charge is 0.111 e. The van der Waals surface area contributed by atoms with Crippen molar-refractivity contribution >= 4 is 15.9 Å². The lowest BCUT2D eigenvalue weighted by atomic mass is 10.0. The quantitative estimate of drug-likeness (QED) is 0.941. The van der Waals surface area contributed by atoms with Gasteiger partial charge in [-0.05, 0) is 31.0 Å². The summed E-state index contributed by atoms with van der Waals surface area (Å²) in [5.41, 5.74) is 2.06. The summed E-state index contributed by atoms with van der Waals surface area (Å²) in [6, 6.07) is 5.93. The Balaban J connectivity index is 2.16. The highest BCUT2D eigenvalue weighted by atomic mass is 79.9. The Hall–Kier alpha value is -1.13. The molecule has 0 saturated heterocycles. The third-order valence-corrected chi connectivity index (χ3v) is 3.97. The van der Waals surface area contributed by atoms with Crippen LogP contribution in [0.4, 0.5) is 0 Å². The minimum atomic E-state index is -0.510. The maximum absolute atomic E-state index is 10.3. The highest BCUT2D eigenvalue weighted by Crippen LogP contribution is 2.23. The van der Waals surface area contributed by atoms with E-state index in [0.717, 1.165) is 28.0 Å². The van der Waals surface area contributed by atoms with Gasteiger partial charge >= 0.3 is 0 Å². The fourth-order valence-corrected chi connectivity index (χ4v) is 2.23. The van der Waals surface area contributed by atoms with Gasteiger partial charge in [0.15, 0.2) is 0 Å². The number of halogens is 1. The van der Waals surface area contributed by atoms with Crippen molar-refractivity contribution in [2.24, 2.45) is 0 Å². The van der Waals surface area contributed by atoms with Gasteiger partial charge in [0.1, 0.15) is 5.82 Å². The van der Waals surface area contributed by atoms with Gasteiger partial charge in [0.05, 0.1) is 6.10 Å². The van der Waals surface area contributed by atoms with Gasteiger partial charge in [-0.1, -0.05) is 28.1 Å². The Bertz CT molecular complexity index is 536. The molecule has 1 N–H and O–H groups in total. The molecular weight excluding hydrogens is 292 g/mol. The van der Waals surface area contributed by atoms with E-state index in [9.17, 15) is 5.11 Å². The average Bonchev–Trinajstić information content (AvgIpc) is 2.79. The van der Waals surface area contributed by atoms with Crippen molar-refractivity contribution < 1.29 is 5.11 Å². The van der Waals surface area contributed by atoms with E-state index in [0.29, 0.717) is 6.42 Å². The number of nitrogens with zero attached hydrogens (tertiary/aromatic N) is 2. The molecule has 1 aromatic heterocycles. The van der Waals surface area contributed by atoms with Crippen LogP contribution in [0.5, 0.6) is 0 Å². The van der Waals surface area contributed by atoms with Crippen LogP contribution in [0.2, 0.25) is 0 Å². The van der Waals surface area contributed by atoms with Crippen LogP contribution in [-0.2, 0) is 13.0 Å². The van der Waals surface area contributed by atoms with Crippen molar-refractivity contribution in [3.05, 3.63) is 52.0 Å². The summed E-state index contributed by atoms with van der Waals surface area (Å²) in [4.78, 5) is 4.29. The maximum Gasteiger partial charge on any atom is 0.111 e. The molecule has 96 valence electrons. The molecule has 18 heavy (non-hydrogen) atoms. The summed E-state index contributed by atoms with van der Waals surface area (Å²) in [5.74, 6) is 0.922. The second kappa shape index (κ2) is 5.67. The monoisotopic (exact) mass is 308 g/mol. The van der Waals surface area contributed by atoms with Crippen LogP contribution < -0.4 is 0 Å². The van der Waals surface area contributed by atoms with E-state index in [1.165, 1.54) is 0 Å². The molecule has 0 fully saturated rings. The normalized spacial score (nSPS) is 12.7. The number of aryl methyl sites for hydroxylation is 2. The highest BCUT2D eigenvalue weighted by molar-refractivity contribution is 9.10. The van der Waals surface area contributed by atoms with Crippen molar-refractivity contribution in [2.75, 3.05) is 0 Å². The molecule has 2 aromatic rings. The van der Waals surface area contributed by atoms with Crippen LogP contribution in [0, 0.1) is 6.92 Å². The van der Waals surface area contributed by atoms with Gasteiger partial charge in [-0.2, -0.15) is 0 Å². The zero-order valence-electron chi connectivity index (χ0n) is 10.6. The predicted octanol–water partition coefficient (Wildman–Crippen LogP) is 3.25. The SMILES string of the molecule is CCn1ccnc1CC(O)c1ccc(Br)c(C)c1. The molecule has 3 nitrogen and oxygen atoms in total. The lowest BCUT2D eigenvalue weighted by Crippen LogP contribution is -2.08. The van der Waals surface area contributed by atoms with Crippen LogP contribution in [0.25, 0.3) is 0 Å². The number of aromatic nitrogens is 2. The zero-order valence-corrected chi connectivity index (χ0v) is 12.2. The average molecular weight is 309 g/mol. The fourth-order valence-electron chi connectivity index (χ4n) is 1.98. The van der Waals surface area contributed by atoms with Crippen molar-refractivity contribution in [3.63, 3.8) is 0 Å². The third kappa shape index (κ3) is 2.82. The first-order chi connectivity index (χ1) is 8.61. The lowest BCUT2D eigenvalue weighted by molar-refractivity contribution is 0.174. The minimum absolute atomic E-state index is 0.510. The Kier molecular flexibility index (Phi) is 4.19. The third-order valence-electron chi connectivity index (χ3n) is 3.09. The Morgan fingerprint density at radius 2 is 2.22 bits per heavy atom. The molecule has 1 heterocycles. The van der Waals surface area contributed by atoms with Gasteiger partial charge in [-0.3, -0.25) is 0 Å². The van der Waals surface area contributed by atoms with E-state index in [4.69, 9.17) is 0 Å². The van der Waals surface area contributed by atoms with Crippen LogP contribution in [0.3, 0.4) is 0 Å². The lowest BCUT2D eigenvalue weighted by Gasteiger charge is -2.13. The van der Waals surface area contributed by atoms with Crippen LogP contribution in [0.15, 0.2) is 35.1 Å². The zero-order chi connectivity index (χ0) is 13.1. The van der Waals surface area contributed by atoms with Crippen molar-refractivity contribution in [1.29, 1.82) is 0 Å². The molecule has 0 saturated carbocycles. The number of aliphatic hydroxyl groups excluding tert-OH is 1. The maximum atomic E-state index is 10.3. The summed E-state index contributed by atoms with van der Waals surface area (Å²) in [6.45, 7) is 4.97. The second-order valence-electron chi connectivity index (χ2n) is 4.36. The standard InChI is InChI=1S/C14H17BrN2O/c1-3-17-7-6-16-14(17)9-13(18)11-4-5-12(15)10(2)8-11/h4-8,13,18H,3,9H2,1-2H3.